The van der Waals surface area contributed by atoms with E-state index in [-0.39, 0.29) is 18.3 Å². The fourth-order valence-electron chi connectivity index (χ4n) is 2.17. The summed E-state index contributed by atoms with van der Waals surface area (Å²) in [5.74, 6) is 0. The van der Waals surface area contributed by atoms with E-state index in [1.54, 1.807) is 0 Å². The first-order chi connectivity index (χ1) is 8.62. The van der Waals surface area contributed by atoms with Crippen LogP contribution in [0.2, 0.25) is 0 Å². The normalized spacial score (nSPS) is 20.7. The highest BCUT2D eigenvalue weighted by Gasteiger charge is 2.51. The van der Waals surface area contributed by atoms with Crippen LogP contribution in [-0.2, 0) is 9.31 Å². The molecule has 1 aromatic carbocycles. The summed E-state index contributed by atoms with van der Waals surface area (Å²) >= 11 is 0. The van der Waals surface area contributed by atoms with Crippen LogP contribution in [0.3, 0.4) is 0 Å². The fraction of sp³-hybridized carbons (Fsp3) is 0.600. The molecule has 0 saturated carbocycles. The Hall–Kier alpha value is -0.995. The molecule has 2 rings (SSSR count). The van der Waals surface area contributed by atoms with Gasteiger partial charge >= 0.3 is 7.12 Å². The second-order valence-corrected chi connectivity index (χ2v) is 6.58. The van der Waals surface area contributed by atoms with Crippen molar-refractivity contribution in [2.75, 3.05) is 19.0 Å². The maximum absolute atomic E-state index is 6.10. The fourth-order valence-corrected chi connectivity index (χ4v) is 2.17. The third-order valence-electron chi connectivity index (χ3n) is 4.13. The van der Waals surface area contributed by atoms with Crippen LogP contribution in [-0.4, -0.2) is 32.4 Å². The summed E-state index contributed by atoms with van der Waals surface area (Å²) in [6.07, 6.45) is 0. The maximum atomic E-state index is 6.10. The van der Waals surface area contributed by atoms with Crippen LogP contribution in [0.1, 0.15) is 33.3 Å². The van der Waals surface area contributed by atoms with Crippen LogP contribution in [0.15, 0.2) is 18.2 Å². The Morgan fingerprint density at radius 2 is 1.47 bits per heavy atom. The molecule has 0 aromatic heterocycles. The topological polar surface area (TPSA) is 21.7 Å². The van der Waals surface area contributed by atoms with E-state index < -0.39 is 0 Å². The van der Waals surface area contributed by atoms with Gasteiger partial charge in [-0.15, -0.1) is 0 Å². The summed E-state index contributed by atoms with van der Waals surface area (Å²) in [6.45, 7) is 10.4. The highest BCUT2D eigenvalue weighted by Crippen LogP contribution is 2.36. The van der Waals surface area contributed by atoms with E-state index in [2.05, 4.69) is 57.7 Å². The van der Waals surface area contributed by atoms with Crippen molar-refractivity contribution in [1.82, 2.24) is 0 Å². The summed E-state index contributed by atoms with van der Waals surface area (Å²) in [4.78, 5) is 2.10. The van der Waals surface area contributed by atoms with Gasteiger partial charge in [-0.05, 0) is 57.8 Å². The third kappa shape index (κ3) is 2.65. The van der Waals surface area contributed by atoms with E-state index in [1.165, 1.54) is 11.3 Å². The molecule has 1 fully saturated rings. The Kier molecular flexibility index (Phi) is 3.44. The van der Waals surface area contributed by atoms with E-state index in [1.807, 2.05) is 14.1 Å². The van der Waals surface area contributed by atoms with Gasteiger partial charge in [-0.2, -0.15) is 0 Å². The molecular formula is C15H24BNO2. The number of hydrogen-bond acceptors (Lipinski definition) is 3. The van der Waals surface area contributed by atoms with Crippen molar-refractivity contribution >= 4 is 18.3 Å². The zero-order chi connectivity index (χ0) is 14.4. The third-order valence-corrected chi connectivity index (χ3v) is 4.13. The smallest absolute Gasteiger partial charge is 0.399 e. The van der Waals surface area contributed by atoms with Crippen molar-refractivity contribution in [3.8, 4) is 0 Å². The first-order valence-corrected chi connectivity index (χ1v) is 6.77. The van der Waals surface area contributed by atoms with Crippen LogP contribution in [0, 0.1) is 6.92 Å². The average molecular weight is 261 g/mol. The minimum absolute atomic E-state index is 0.288. The lowest BCUT2D eigenvalue weighted by atomic mass is 9.78. The molecular weight excluding hydrogens is 237 g/mol. The van der Waals surface area contributed by atoms with Gasteiger partial charge in [0.1, 0.15) is 0 Å². The zero-order valence-corrected chi connectivity index (χ0v) is 13.1. The number of hydrogen-bond donors (Lipinski definition) is 0. The maximum Gasteiger partial charge on any atom is 0.494 e. The van der Waals surface area contributed by atoms with E-state index in [0.29, 0.717) is 0 Å². The van der Waals surface area contributed by atoms with E-state index in [0.717, 1.165) is 5.46 Å². The molecule has 104 valence electrons. The molecule has 1 heterocycles. The lowest BCUT2D eigenvalue weighted by Crippen LogP contribution is -2.41. The van der Waals surface area contributed by atoms with Crippen LogP contribution in [0.4, 0.5) is 5.69 Å². The molecule has 1 saturated heterocycles. The van der Waals surface area contributed by atoms with Crippen molar-refractivity contribution in [1.29, 1.82) is 0 Å². The number of nitrogens with zero attached hydrogens (tertiary/aromatic N) is 1. The number of anilines is 1. The quantitative estimate of drug-likeness (QED) is 0.763. The molecule has 0 spiro atoms. The molecule has 0 unspecified atom stereocenters. The molecule has 0 aliphatic carbocycles. The first kappa shape index (κ1) is 14.4. The second kappa shape index (κ2) is 4.53. The summed E-state index contributed by atoms with van der Waals surface area (Å²) in [6, 6.07) is 6.43. The monoisotopic (exact) mass is 261 g/mol. The highest BCUT2D eigenvalue weighted by atomic mass is 16.7. The van der Waals surface area contributed by atoms with Gasteiger partial charge in [0.25, 0.3) is 0 Å². The molecule has 0 amide bonds. The minimum atomic E-state index is -0.292. The van der Waals surface area contributed by atoms with Gasteiger partial charge in [0.2, 0.25) is 0 Å². The Labute approximate surface area is 117 Å². The van der Waals surface area contributed by atoms with E-state index in [4.69, 9.17) is 9.31 Å². The van der Waals surface area contributed by atoms with Gasteiger partial charge in [0.05, 0.1) is 11.2 Å². The van der Waals surface area contributed by atoms with Gasteiger partial charge < -0.3 is 14.2 Å². The average Bonchev–Trinajstić information content (AvgIpc) is 2.47. The Morgan fingerprint density at radius 1 is 0.947 bits per heavy atom. The van der Waals surface area contributed by atoms with Gasteiger partial charge in [-0.25, -0.2) is 0 Å². The van der Waals surface area contributed by atoms with Crippen molar-refractivity contribution in [2.24, 2.45) is 0 Å². The SMILES string of the molecule is Cc1cc(B2OC(C)(C)C(C)(C)O2)cc(N(C)C)c1. The van der Waals surface area contributed by atoms with Gasteiger partial charge in [0, 0.05) is 19.8 Å². The van der Waals surface area contributed by atoms with Gasteiger partial charge in [0.15, 0.2) is 0 Å². The van der Waals surface area contributed by atoms with Crippen molar-refractivity contribution in [3.05, 3.63) is 23.8 Å². The molecule has 4 heteroatoms. The predicted octanol–water partition coefficient (Wildman–Crippen LogP) is 2.36. The molecule has 1 aliphatic heterocycles. The van der Waals surface area contributed by atoms with Gasteiger partial charge in [-0.3, -0.25) is 0 Å². The standard InChI is InChI=1S/C15H24BNO2/c1-11-8-12(10-13(9-11)17(6)7)16-18-14(2,3)15(4,5)19-16/h8-10H,1-7H3. The van der Waals surface area contributed by atoms with Crippen LogP contribution in [0.5, 0.6) is 0 Å². The minimum Gasteiger partial charge on any atom is -0.399 e. The number of rotatable bonds is 2. The number of benzene rings is 1. The highest BCUT2D eigenvalue weighted by molar-refractivity contribution is 6.62. The molecule has 1 aromatic rings. The van der Waals surface area contributed by atoms with Crippen molar-refractivity contribution in [2.45, 2.75) is 45.8 Å². The largest absolute Gasteiger partial charge is 0.494 e. The first-order valence-electron chi connectivity index (χ1n) is 6.77. The Balaban J connectivity index is 2.34. The summed E-state index contributed by atoms with van der Waals surface area (Å²) < 4.78 is 12.2. The lowest BCUT2D eigenvalue weighted by molar-refractivity contribution is 0.00578. The molecule has 0 radical (unpaired) electrons. The van der Waals surface area contributed by atoms with Crippen LogP contribution < -0.4 is 10.4 Å². The van der Waals surface area contributed by atoms with Gasteiger partial charge in [-0.1, -0.05) is 6.07 Å². The van der Waals surface area contributed by atoms with Crippen molar-refractivity contribution < 1.29 is 9.31 Å². The Bertz CT molecular complexity index is 467. The second-order valence-electron chi connectivity index (χ2n) is 6.58. The Morgan fingerprint density at radius 3 is 1.95 bits per heavy atom. The van der Waals surface area contributed by atoms with Crippen LogP contribution in [0.25, 0.3) is 0 Å². The summed E-state index contributed by atoms with van der Waals surface area (Å²) in [5.41, 5.74) is 2.89. The molecule has 3 nitrogen and oxygen atoms in total. The van der Waals surface area contributed by atoms with E-state index in [9.17, 15) is 0 Å². The van der Waals surface area contributed by atoms with Crippen molar-refractivity contribution in [3.63, 3.8) is 0 Å². The number of aryl methyl sites for hydroxylation is 1. The predicted molar refractivity (Wildman–Crippen MR) is 81.2 cm³/mol. The zero-order valence-electron chi connectivity index (χ0n) is 13.1. The molecule has 19 heavy (non-hydrogen) atoms. The van der Waals surface area contributed by atoms with E-state index >= 15 is 0 Å². The molecule has 1 aliphatic rings. The summed E-state index contributed by atoms with van der Waals surface area (Å²) in [7, 11) is 3.80. The van der Waals surface area contributed by atoms with Crippen LogP contribution >= 0.6 is 0 Å². The molecule has 0 atom stereocenters. The molecule has 0 bridgehead atoms. The lowest BCUT2D eigenvalue weighted by Gasteiger charge is -2.32. The molecule has 0 N–H and O–H groups in total. The summed E-state index contributed by atoms with van der Waals surface area (Å²) in [5, 5.41) is 0.